The molecule has 1 unspecified atom stereocenters. The van der Waals surface area contributed by atoms with Crippen LogP contribution in [0.2, 0.25) is 0 Å². The Kier molecular flexibility index (Phi) is 4.48. The quantitative estimate of drug-likeness (QED) is 0.631. The summed E-state index contributed by atoms with van der Waals surface area (Å²) in [5, 5.41) is 8.68. The maximum Gasteiger partial charge on any atom is 0.276 e. The summed E-state index contributed by atoms with van der Waals surface area (Å²) in [7, 11) is 0. The molecular formula is C15H21N3O3. The highest BCUT2D eigenvalue weighted by Crippen LogP contribution is 2.24. The standard InChI is InChI=1S/C15H21N3O3/c19-15(17-20)12-8-11-3-5-18(10-14(11)16-9-12)13-2-1-6-21-7-4-13/h8-9,13,20H,1-7,10H2,(H,17,19). The molecule has 0 radical (unpaired) electrons. The second-order valence-corrected chi connectivity index (χ2v) is 5.69. The molecule has 2 N–H and O–H groups in total. The average Bonchev–Trinajstić information content (AvgIpc) is 2.82. The molecule has 2 aliphatic rings. The minimum absolute atomic E-state index is 0.410. The van der Waals surface area contributed by atoms with Crippen LogP contribution in [0, 0.1) is 0 Å². The topological polar surface area (TPSA) is 74.7 Å². The summed E-state index contributed by atoms with van der Waals surface area (Å²) in [5.41, 5.74) is 4.21. The molecule has 6 heteroatoms. The van der Waals surface area contributed by atoms with Gasteiger partial charge in [0.1, 0.15) is 0 Å². The number of hydroxylamine groups is 1. The predicted molar refractivity (Wildman–Crippen MR) is 76.1 cm³/mol. The molecule has 1 amide bonds. The van der Waals surface area contributed by atoms with E-state index in [-0.39, 0.29) is 0 Å². The first-order valence-electron chi connectivity index (χ1n) is 7.52. The molecule has 1 aromatic heterocycles. The summed E-state index contributed by atoms with van der Waals surface area (Å²) in [4.78, 5) is 18.3. The van der Waals surface area contributed by atoms with Crippen molar-refractivity contribution < 1.29 is 14.7 Å². The maximum atomic E-state index is 11.4. The maximum absolute atomic E-state index is 11.4. The zero-order valence-corrected chi connectivity index (χ0v) is 12.0. The van der Waals surface area contributed by atoms with E-state index < -0.39 is 5.91 Å². The minimum Gasteiger partial charge on any atom is -0.381 e. The monoisotopic (exact) mass is 291 g/mol. The molecule has 1 aromatic rings. The molecule has 1 fully saturated rings. The summed E-state index contributed by atoms with van der Waals surface area (Å²) in [6.07, 6.45) is 5.81. The molecule has 114 valence electrons. The van der Waals surface area contributed by atoms with E-state index in [1.165, 1.54) is 12.6 Å². The molecule has 21 heavy (non-hydrogen) atoms. The number of carbonyl (C=O) groups excluding carboxylic acids is 1. The van der Waals surface area contributed by atoms with Crippen molar-refractivity contribution in [2.24, 2.45) is 0 Å². The number of hydrogen-bond donors (Lipinski definition) is 2. The van der Waals surface area contributed by atoms with E-state index in [2.05, 4.69) is 9.88 Å². The SMILES string of the molecule is O=C(NO)c1cnc2c(c1)CCN(C1CCCOCC1)C2. The smallest absolute Gasteiger partial charge is 0.276 e. The van der Waals surface area contributed by atoms with Crippen molar-refractivity contribution in [3.05, 3.63) is 29.1 Å². The van der Waals surface area contributed by atoms with Gasteiger partial charge in [0.25, 0.3) is 5.91 Å². The summed E-state index contributed by atoms with van der Waals surface area (Å²) < 4.78 is 5.53. The molecule has 0 aliphatic carbocycles. The van der Waals surface area contributed by atoms with Gasteiger partial charge in [-0.25, -0.2) is 5.48 Å². The molecule has 1 saturated heterocycles. The number of aromatic nitrogens is 1. The van der Waals surface area contributed by atoms with Crippen LogP contribution < -0.4 is 5.48 Å². The van der Waals surface area contributed by atoms with Crippen molar-refractivity contribution in [2.75, 3.05) is 19.8 Å². The van der Waals surface area contributed by atoms with Gasteiger partial charge in [0, 0.05) is 38.5 Å². The minimum atomic E-state index is -0.506. The summed E-state index contributed by atoms with van der Waals surface area (Å²) in [6.45, 7) is 3.54. The number of fused-ring (bicyclic) bond motifs is 1. The van der Waals surface area contributed by atoms with Gasteiger partial charge in [0.2, 0.25) is 0 Å². The number of pyridine rings is 1. The highest BCUT2D eigenvalue weighted by atomic mass is 16.5. The Hall–Kier alpha value is -1.50. The Morgan fingerprint density at radius 3 is 3.19 bits per heavy atom. The molecule has 0 aromatic carbocycles. The second-order valence-electron chi connectivity index (χ2n) is 5.69. The Morgan fingerprint density at radius 2 is 2.33 bits per heavy atom. The van der Waals surface area contributed by atoms with Gasteiger partial charge in [0.15, 0.2) is 0 Å². The van der Waals surface area contributed by atoms with Gasteiger partial charge in [-0.1, -0.05) is 0 Å². The van der Waals surface area contributed by atoms with Gasteiger partial charge in [-0.15, -0.1) is 0 Å². The number of nitrogens with one attached hydrogen (secondary N) is 1. The van der Waals surface area contributed by atoms with E-state index in [9.17, 15) is 4.79 Å². The molecule has 2 aliphatic heterocycles. The van der Waals surface area contributed by atoms with Gasteiger partial charge in [-0.2, -0.15) is 0 Å². The summed E-state index contributed by atoms with van der Waals surface area (Å²) in [5.74, 6) is -0.506. The number of rotatable bonds is 2. The van der Waals surface area contributed by atoms with Gasteiger partial charge in [-0.3, -0.25) is 19.9 Å². The number of nitrogens with zero attached hydrogens (tertiary/aromatic N) is 2. The van der Waals surface area contributed by atoms with E-state index in [4.69, 9.17) is 9.94 Å². The van der Waals surface area contributed by atoms with Crippen molar-refractivity contribution in [2.45, 2.75) is 38.3 Å². The number of amides is 1. The Labute approximate surface area is 124 Å². The zero-order chi connectivity index (χ0) is 14.7. The first kappa shape index (κ1) is 14.4. The lowest BCUT2D eigenvalue weighted by Crippen LogP contribution is -2.40. The van der Waals surface area contributed by atoms with E-state index >= 15 is 0 Å². The van der Waals surface area contributed by atoms with Crippen LogP contribution in [0.3, 0.4) is 0 Å². The van der Waals surface area contributed by atoms with E-state index in [1.807, 2.05) is 6.07 Å². The predicted octanol–water partition coefficient (Wildman–Crippen LogP) is 1.13. The van der Waals surface area contributed by atoms with Crippen molar-refractivity contribution in [1.29, 1.82) is 0 Å². The molecule has 0 saturated carbocycles. The van der Waals surface area contributed by atoms with Gasteiger partial charge in [0.05, 0.1) is 11.3 Å². The van der Waals surface area contributed by atoms with Crippen LogP contribution in [0.1, 0.15) is 40.9 Å². The Balaban J connectivity index is 1.72. The van der Waals surface area contributed by atoms with Gasteiger partial charge >= 0.3 is 0 Å². The fraction of sp³-hybridized carbons (Fsp3) is 0.600. The van der Waals surface area contributed by atoms with Gasteiger partial charge in [-0.05, 0) is 37.3 Å². The third kappa shape index (κ3) is 3.23. The Morgan fingerprint density at radius 1 is 1.43 bits per heavy atom. The van der Waals surface area contributed by atoms with E-state index in [0.29, 0.717) is 11.6 Å². The van der Waals surface area contributed by atoms with Crippen molar-refractivity contribution in [3.63, 3.8) is 0 Å². The zero-order valence-electron chi connectivity index (χ0n) is 12.0. The van der Waals surface area contributed by atoms with Crippen LogP contribution in [-0.2, 0) is 17.7 Å². The van der Waals surface area contributed by atoms with Crippen LogP contribution in [0.5, 0.6) is 0 Å². The van der Waals surface area contributed by atoms with Crippen molar-refractivity contribution in [3.8, 4) is 0 Å². The molecule has 3 heterocycles. The molecule has 0 spiro atoms. The number of carbonyl (C=O) groups is 1. The third-order valence-electron chi connectivity index (χ3n) is 4.38. The Bertz CT molecular complexity index is 513. The molecular weight excluding hydrogens is 270 g/mol. The van der Waals surface area contributed by atoms with Crippen LogP contribution in [0.25, 0.3) is 0 Å². The average molecular weight is 291 g/mol. The van der Waals surface area contributed by atoms with Crippen molar-refractivity contribution in [1.82, 2.24) is 15.4 Å². The highest BCUT2D eigenvalue weighted by molar-refractivity contribution is 5.93. The first-order valence-corrected chi connectivity index (χ1v) is 7.52. The lowest BCUT2D eigenvalue weighted by Gasteiger charge is -2.34. The number of hydrogen-bond acceptors (Lipinski definition) is 5. The van der Waals surface area contributed by atoms with E-state index in [0.717, 1.165) is 56.8 Å². The highest BCUT2D eigenvalue weighted by Gasteiger charge is 2.25. The van der Waals surface area contributed by atoms with Crippen LogP contribution >= 0.6 is 0 Å². The molecule has 0 bridgehead atoms. The summed E-state index contributed by atoms with van der Waals surface area (Å²) in [6, 6.07) is 2.41. The fourth-order valence-electron chi connectivity index (χ4n) is 3.19. The largest absolute Gasteiger partial charge is 0.381 e. The lowest BCUT2D eigenvalue weighted by atomic mass is 9.99. The number of ether oxygens (including phenoxy) is 1. The van der Waals surface area contributed by atoms with Crippen LogP contribution in [0.15, 0.2) is 12.3 Å². The van der Waals surface area contributed by atoms with Crippen LogP contribution in [-0.4, -0.2) is 46.8 Å². The molecule has 1 atom stereocenters. The normalized spacial score (nSPS) is 23.2. The third-order valence-corrected chi connectivity index (χ3v) is 4.38. The van der Waals surface area contributed by atoms with E-state index in [1.54, 1.807) is 5.48 Å². The molecule has 6 nitrogen and oxygen atoms in total. The molecule has 3 rings (SSSR count). The summed E-state index contributed by atoms with van der Waals surface area (Å²) >= 11 is 0. The first-order chi connectivity index (χ1) is 10.3. The second kappa shape index (κ2) is 6.51. The van der Waals surface area contributed by atoms with Crippen LogP contribution in [0.4, 0.5) is 0 Å². The van der Waals surface area contributed by atoms with Crippen molar-refractivity contribution >= 4 is 5.91 Å². The lowest BCUT2D eigenvalue weighted by molar-refractivity contribution is 0.0705. The van der Waals surface area contributed by atoms with Gasteiger partial charge < -0.3 is 4.74 Å². The fourth-order valence-corrected chi connectivity index (χ4v) is 3.19.